The molecule has 0 atom stereocenters. The van der Waals surface area contributed by atoms with Crippen LogP contribution in [0.4, 0.5) is 4.79 Å². The molecule has 0 spiro atoms. The van der Waals surface area contributed by atoms with Crippen molar-refractivity contribution in [3.05, 3.63) is 29.8 Å². The van der Waals surface area contributed by atoms with Gasteiger partial charge in [-0.1, -0.05) is 18.2 Å². The van der Waals surface area contributed by atoms with Crippen molar-refractivity contribution < 1.29 is 14.6 Å². The van der Waals surface area contributed by atoms with Crippen molar-refractivity contribution in [1.29, 1.82) is 0 Å². The molecule has 1 aromatic carbocycles. The van der Waals surface area contributed by atoms with E-state index in [4.69, 9.17) is 4.74 Å². The van der Waals surface area contributed by atoms with Crippen molar-refractivity contribution in [3.8, 4) is 5.75 Å². The number of hydrogen-bond acceptors (Lipinski definition) is 4. The molecule has 1 aliphatic heterocycles. The average Bonchev–Trinajstić information content (AvgIpc) is 2.38. The summed E-state index contributed by atoms with van der Waals surface area (Å²) in [5.41, 5.74) is 0.621. The molecule has 0 aliphatic carbocycles. The van der Waals surface area contributed by atoms with E-state index in [0.717, 1.165) is 13.1 Å². The molecule has 2 N–H and O–H groups in total. The van der Waals surface area contributed by atoms with E-state index >= 15 is 0 Å². The summed E-state index contributed by atoms with van der Waals surface area (Å²) in [5.74, 6) is 0.153. The van der Waals surface area contributed by atoms with Crippen LogP contribution in [0.3, 0.4) is 0 Å². The van der Waals surface area contributed by atoms with Crippen molar-refractivity contribution >= 4 is 6.09 Å². The van der Waals surface area contributed by atoms with E-state index in [9.17, 15) is 9.90 Å². The van der Waals surface area contributed by atoms with Gasteiger partial charge in [0.1, 0.15) is 12.4 Å². The lowest BCUT2D eigenvalue weighted by Gasteiger charge is -2.26. The molecule has 1 fully saturated rings. The van der Waals surface area contributed by atoms with Gasteiger partial charge in [0.05, 0.1) is 0 Å². The minimum atomic E-state index is -0.324. The molecule has 92 valence electrons. The molecule has 1 amide bonds. The summed E-state index contributed by atoms with van der Waals surface area (Å²) in [6.45, 7) is 3.03. The maximum Gasteiger partial charge on any atom is 0.410 e. The second-order valence-electron chi connectivity index (χ2n) is 3.92. The lowest BCUT2D eigenvalue weighted by atomic mass is 10.2. The van der Waals surface area contributed by atoms with Gasteiger partial charge in [0.2, 0.25) is 0 Å². The fraction of sp³-hybridized carbons (Fsp3) is 0.417. The Labute approximate surface area is 100.0 Å². The Kier molecular flexibility index (Phi) is 3.82. The van der Waals surface area contributed by atoms with Crippen LogP contribution in [0.5, 0.6) is 5.75 Å². The first-order valence-corrected chi connectivity index (χ1v) is 5.66. The van der Waals surface area contributed by atoms with Crippen molar-refractivity contribution in [3.63, 3.8) is 0 Å². The zero-order valence-electron chi connectivity index (χ0n) is 9.56. The van der Waals surface area contributed by atoms with Crippen LogP contribution < -0.4 is 5.32 Å². The van der Waals surface area contributed by atoms with Gasteiger partial charge in [0.25, 0.3) is 0 Å². The minimum absolute atomic E-state index is 0.107. The molecule has 2 rings (SSSR count). The van der Waals surface area contributed by atoms with E-state index < -0.39 is 0 Å². The molecule has 0 aromatic heterocycles. The SMILES string of the molecule is O=C(OCc1ccccc1O)N1CCNCC1. The van der Waals surface area contributed by atoms with Gasteiger partial charge in [-0.15, -0.1) is 0 Å². The van der Waals surface area contributed by atoms with Crippen molar-refractivity contribution in [2.75, 3.05) is 26.2 Å². The third kappa shape index (κ3) is 3.10. The predicted molar refractivity (Wildman–Crippen MR) is 62.7 cm³/mol. The number of benzene rings is 1. The Morgan fingerprint density at radius 3 is 2.76 bits per heavy atom. The van der Waals surface area contributed by atoms with E-state index in [-0.39, 0.29) is 18.4 Å². The van der Waals surface area contributed by atoms with E-state index in [2.05, 4.69) is 5.32 Å². The molecule has 0 radical (unpaired) electrons. The smallest absolute Gasteiger partial charge is 0.410 e. The summed E-state index contributed by atoms with van der Waals surface area (Å²) in [4.78, 5) is 13.3. The lowest BCUT2D eigenvalue weighted by Crippen LogP contribution is -2.46. The van der Waals surface area contributed by atoms with Gasteiger partial charge in [-0.05, 0) is 6.07 Å². The van der Waals surface area contributed by atoms with Crippen LogP contribution in [0.2, 0.25) is 0 Å². The van der Waals surface area contributed by atoms with Gasteiger partial charge in [0, 0.05) is 31.7 Å². The number of carbonyl (C=O) groups excluding carboxylic acids is 1. The Morgan fingerprint density at radius 2 is 2.06 bits per heavy atom. The molecule has 17 heavy (non-hydrogen) atoms. The highest BCUT2D eigenvalue weighted by molar-refractivity contribution is 5.67. The van der Waals surface area contributed by atoms with Crippen LogP contribution in [0, 0.1) is 0 Å². The number of amides is 1. The van der Waals surface area contributed by atoms with Gasteiger partial charge in [-0.2, -0.15) is 0 Å². The highest BCUT2D eigenvalue weighted by Crippen LogP contribution is 2.16. The molecular weight excluding hydrogens is 220 g/mol. The zero-order chi connectivity index (χ0) is 12.1. The third-order valence-electron chi connectivity index (χ3n) is 2.72. The van der Waals surface area contributed by atoms with E-state index in [1.807, 2.05) is 0 Å². The predicted octanol–water partition coefficient (Wildman–Crippen LogP) is 0.934. The molecule has 1 aromatic rings. The topological polar surface area (TPSA) is 61.8 Å². The maximum absolute atomic E-state index is 11.7. The zero-order valence-corrected chi connectivity index (χ0v) is 9.56. The molecule has 1 heterocycles. The number of piperazine rings is 1. The van der Waals surface area contributed by atoms with Crippen LogP contribution in [0.15, 0.2) is 24.3 Å². The molecular formula is C12H16N2O3. The first kappa shape index (κ1) is 11.7. The van der Waals surface area contributed by atoms with Crippen molar-refractivity contribution in [2.45, 2.75) is 6.61 Å². The maximum atomic E-state index is 11.7. The van der Waals surface area contributed by atoms with Gasteiger partial charge < -0.3 is 20.1 Å². The Bertz CT molecular complexity index is 389. The first-order chi connectivity index (χ1) is 8.27. The van der Waals surface area contributed by atoms with Crippen LogP contribution >= 0.6 is 0 Å². The standard InChI is InChI=1S/C12H16N2O3/c15-11-4-2-1-3-10(11)9-17-12(16)14-7-5-13-6-8-14/h1-4,13,15H,5-9H2. The normalized spacial score (nSPS) is 15.6. The van der Waals surface area contributed by atoms with Crippen molar-refractivity contribution in [1.82, 2.24) is 10.2 Å². The fourth-order valence-electron chi connectivity index (χ4n) is 1.71. The highest BCUT2D eigenvalue weighted by atomic mass is 16.6. The van der Waals surface area contributed by atoms with Gasteiger partial charge in [0.15, 0.2) is 0 Å². The Morgan fingerprint density at radius 1 is 1.35 bits per heavy atom. The molecule has 5 nitrogen and oxygen atoms in total. The van der Waals surface area contributed by atoms with Crippen molar-refractivity contribution in [2.24, 2.45) is 0 Å². The summed E-state index contributed by atoms with van der Waals surface area (Å²) in [6.07, 6.45) is -0.324. The molecule has 1 aliphatic rings. The molecule has 0 unspecified atom stereocenters. The number of carbonyl (C=O) groups is 1. The molecule has 0 saturated carbocycles. The third-order valence-corrected chi connectivity index (χ3v) is 2.72. The van der Waals surface area contributed by atoms with E-state index in [1.54, 1.807) is 29.2 Å². The summed E-state index contributed by atoms with van der Waals surface area (Å²) in [6, 6.07) is 6.85. The summed E-state index contributed by atoms with van der Waals surface area (Å²) in [7, 11) is 0. The summed E-state index contributed by atoms with van der Waals surface area (Å²) < 4.78 is 5.15. The summed E-state index contributed by atoms with van der Waals surface area (Å²) in [5, 5.41) is 12.7. The van der Waals surface area contributed by atoms with E-state index in [0.29, 0.717) is 18.7 Å². The number of phenols is 1. The number of aromatic hydroxyl groups is 1. The van der Waals surface area contributed by atoms with Crippen LogP contribution in [0.25, 0.3) is 0 Å². The van der Waals surface area contributed by atoms with Gasteiger partial charge in [-0.3, -0.25) is 0 Å². The second-order valence-corrected chi connectivity index (χ2v) is 3.92. The van der Waals surface area contributed by atoms with E-state index in [1.165, 1.54) is 0 Å². The first-order valence-electron chi connectivity index (χ1n) is 5.66. The minimum Gasteiger partial charge on any atom is -0.508 e. The van der Waals surface area contributed by atoms with Crippen LogP contribution in [-0.2, 0) is 11.3 Å². The monoisotopic (exact) mass is 236 g/mol. The number of hydrogen-bond donors (Lipinski definition) is 2. The number of ether oxygens (including phenoxy) is 1. The Balaban J connectivity index is 1.85. The quantitative estimate of drug-likeness (QED) is 0.802. The van der Waals surface area contributed by atoms with Crippen LogP contribution in [-0.4, -0.2) is 42.3 Å². The Hall–Kier alpha value is -1.75. The molecule has 0 bridgehead atoms. The average molecular weight is 236 g/mol. The van der Waals surface area contributed by atoms with Gasteiger partial charge >= 0.3 is 6.09 Å². The molecule has 5 heteroatoms. The largest absolute Gasteiger partial charge is 0.508 e. The number of rotatable bonds is 2. The van der Waals surface area contributed by atoms with Gasteiger partial charge in [-0.25, -0.2) is 4.79 Å². The molecule has 1 saturated heterocycles. The second kappa shape index (κ2) is 5.54. The number of nitrogens with one attached hydrogen (secondary N) is 1. The number of nitrogens with zero attached hydrogens (tertiary/aromatic N) is 1. The number of phenolic OH excluding ortho intramolecular Hbond substituents is 1. The van der Waals surface area contributed by atoms with Crippen LogP contribution in [0.1, 0.15) is 5.56 Å². The number of para-hydroxylation sites is 1. The fourth-order valence-corrected chi connectivity index (χ4v) is 1.71. The highest BCUT2D eigenvalue weighted by Gasteiger charge is 2.17. The lowest BCUT2D eigenvalue weighted by molar-refractivity contribution is 0.0912. The summed E-state index contributed by atoms with van der Waals surface area (Å²) >= 11 is 0.